The predicted molar refractivity (Wildman–Crippen MR) is 92.0 cm³/mol. The van der Waals surface area contributed by atoms with Gasteiger partial charge >= 0.3 is 0 Å². The zero-order valence-corrected chi connectivity index (χ0v) is 14.0. The van der Waals surface area contributed by atoms with Crippen LogP contribution < -0.4 is 5.73 Å². The first-order chi connectivity index (χ1) is 10.7. The molecule has 2 aliphatic rings. The molecule has 1 aliphatic heterocycles. The van der Waals surface area contributed by atoms with Gasteiger partial charge in [0.15, 0.2) is 0 Å². The van der Waals surface area contributed by atoms with Crippen LogP contribution in [0.25, 0.3) is 0 Å². The average Bonchev–Trinajstić information content (AvgIpc) is 3.01. The van der Waals surface area contributed by atoms with Crippen molar-refractivity contribution in [2.45, 2.75) is 26.3 Å². The fourth-order valence-electron chi connectivity index (χ4n) is 3.18. The van der Waals surface area contributed by atoms with E-state index in [-0.39, 0.29) is 0 Å². The standard InChI is InChI=1S/C17H23N3OS/c1-3-6-20-7-8-21-14-11-13(10-12(2)16(14)20)19-17(18)15-5-4-9-22-15/h4-5,9-12,16H,3,6-8H2,1-2H3,(H2,18,19). The van der Waals surface area contributed by atoms with Crippen molar-refractivity contribution in [3.8, 4) is 0 Å². The van der Waals surface area contributed by atoms with Gasteiger partial charge in [-0.1, -0.05) is 26.0 Å². The van der Waals surface area contributed by atoms with E-state index in [2.05, 4.69) is 29.8 Å². The molecule has 2 atom stereocenters. The van der Waals surface area contributed by atoms with Crippen molar-refractivity contribution in [1.82, 2.24) is 4.90 Å². The number of hydrogen-bond donors (Lipinski definition) is 1. The summed E-state index contributed by atoms with van der Waals surface area (Å²) < 4.78 is 5.90. The van der Waals surface area contributed by atoms with Gasteiger partial charge in [-0.05, 0) is 30.3 Å². The molecule has 1 saturated heterocycles. The summed E-state index contributed by atoms with van der Waals surface area (Å²) in [5, 5.41) is 2.01. The minimum Gasteiger partial charge on any atom is -0.495 e. The molecule has 1 aromatic heterocycles. The van der Waals surface area contributed by atoms with Gasteiger partial charge in [-0.15, -0.1) is 11.3 Å². The van der Waals surface area contributed by atoms with Gasteiger partial charge in [-0.3, -0.25) is 4.90 Å². The second-order valence-electron chi connectivity index (χ2n) is 5.80. The molecule has 22 heavy (non-hydrogen) atoms. The van der Waals surface area contributed by atoms with Crippen molar-refractivity contribution in [3.63, 3.8) is 0 Å². The number of morpholine rings is 1. The normalized spacial score (nSPS) is 26.0. The molecule has 1 fully saturated rings. The van der Waals surface area contributed by atoms with E-state index in [1.807, 2.05) is 23.6 Å². The summed E-state index contributed by atoms with van der Waals surface area (Å²) in [5.41, 5.74) is 7.00. The Morgan fingerprint density at radius 3 is 3.14 bits per heavy atom. The molecule has 5 heteroatoms. The average molecular weight is 317 g/mol. The highest BCUT2D eigenvalue weighted by Gasteiger charge is 2.33. The van der Waals surface area contributed by atoms with E-state index >= 15 is 0 Å². The van der Waals surface area contributed by atoms with Crippen molar-refractivity contribution in [2.75, 3.05) is 19.7 Å². The lowest BCUT2D eigenvalue weighted by atomic mass is 9.91. The topological polar surface area (TPSA) is 50.8 Å². The third-order valence-electron chi connectivity index (χ3n) is 4.09. The number of aliphatic imine (C=N–C) groups is 1. The molecule has 0 saturated carbocycles. The number of allylic oxidation sites excluding steroid dienone is 1. The molecule has 118 valence electrons. The van der Waals surface area contributed by atoms with E-state index < -0.39 is 0 Å². The summed E-state index contributed by atoms with van der Waals surface area (Å²) in [5.74, 6) is 1.99. The Labute approximate surface area is 136 Å². The number of ether oxygens (including phenoxy) is 1. The molecule has 2 unspecified atom stereocenters. The molecule has 3 rings (SSSR count). The van der Waals surface area contributed by atoms with Crippen LogP contribution in [0.1, 0.15) is 25.1 Å². The number of fused-ring (bicyclic) bond motifs is 1. The highest BCUT2D eigenvalue weighted by Crippen LogP contribution is 2.31. The largest absolute Gasteiger partial charge is 0.495 e. The molecule has 2 N–H and O–H groups in total. The third-order valence-corrected chi connectivity index (χ3v) is 4.98. The monoisotopic (exact) mass is 317 g/mol. The van der Waals surface area contributed by atoms with Gasteiger partial charge in [-0.25, -0.2) is 4.99 Å². The predicted octanol–water partition coefficient (Wildman–Crippen LogP) is 2.98. The van der Waals surface area contributed by atoms with Gasteiger partial charge in [0, 0.05) is 12.6 Å². The van der Waals surface area contributed by atoms with Crippen molar-refractivity contribution in [1.29, 1.82) is 0 Å². The first kappa shape index (κ1) is 15.3. The SMILES string of the molecule is CCCN1CCOC2=CC(N=C(N)c3cccs3)=CC(C)C21. The molecular formula is C17H23N3OS. The second-order valence-corrected chi connectivity index (χ2v) is 6.75. The Balaban J connectivity index is 1.83. The molecule has 0 aromatic carbocycles. The highest BCUT2D eigenvalue weighted by atomic mass is 32.1. The summed E-state index contributed by atoms with van der Waals surface area (Å²) in [6.45, 7) is 7.32. The van der Waals surface area contributed by atoms with Crippen molar-refractivity contribution < 1.29 is 4.74 Å². The smallest absolute Gasteiger partial charge is 0.141 e. The number of thiophene rings is 1. The Hall–Kier alpha value is -1.59. The van der Waals surface area contributed by atoms with Crippen LogP contribution in [-0.2, 0) is 4.74 Å². The molecular weight excluding hydrogens is 294 g/mol. The molecule has 1 aromatic rings. The molecule has 0 amide bonds. The zero-order chi connectivity index (χ0) is 15.5. The number of rotatable bonds is 4. The summed E-state index contributed by atoms with van der Waals surface area (Å²) in [4.78, 5) is 8.10. The molecule has 0 bridgehead atoms. The van der Waals surface area contributed by atoms with Crippen molar-refractivity contribution in [2.24, 2.45) is 16.6 Å². The van der Waals surface area contributed by atoms with Crippen molar-refractivity contribution in [3.05, 3.63) is 46.0 Å². The van der Waals surface area contributed by atoms with Crippen molar-refractivity contribution >= 4 is 17.2 Å². The quantitative estimate of drug-likeness (QED) is 0.686. The lowest BCUT2D eigenvalue weighted by Gasteiger charge is -2.41. The molecule has 2 heterocycles. The van der Waals surface area contributed by atoms with Gasteiger partial charge < -0.3 is 10.5 Å². The number of nitrogens with zero attached hydrogens (tertiary/aromatic N) is 2. The maximum atomic E-state index is 6.10. The Bertz CT molecular complexity index is 601. The zero-order valence-electron chi connectivity index (χ0n) is 13.2. The van der Waals surface area contributed by atoms with Gasteiger partial charge in [0.2, 0.25) is 0 Å². The Kier molecular flexibility index (Phi) is 4.64. The second kappa shape index (κ2) is 6.67. The van der Waals surface area contributed by atoms with E-state index in [0.717, 1.165) is 42.5 Å². The number of amidine groups is 1. The summed E-state index contributed by atoms with van der Waals surface area (Å²) in [7, 11) is 0. The molecule has 0 spiro atoms. The van der Waals surface area contributed by atoms with Gasteiger partial charge in [0.1, 0.15) is 18.2 Å². The van der Waals surface area contributed by atoms with Crippen LogP contribution in [0, 0.1) is 5.92 Å². The molecule has 4 nitrogen and oxygen atoms in total. The first-order valence-electron chi connectivity index (χ1n) is 7.87. The lowest BCUT2D eigenvalue weighted by Crippen LogP contribution is -2.48. The van der Waals surface area contributed by atoms with E-state index in [1.165, 1.54) is 0 Å². The van der Waals surface area contributed by atoms with Gasteiger partial charge in [-0.2, -0.15) is 0 Å². The summed E-state index contributed by atoms with van der Waals surface area (Å²) >= 11 is 1.61. The Morgan fingerprint density at radius 2 is 2.41 bits per heavy atom. The number of hydrogen-bond acceptors (Lipinski definition) is 4. The van der Waals surface area contributed by atoms with E-state index in [9.17, 15) is 0 Å². The molecule has 1 aliphatic carbocycles. The van der Waals surface area contributed by atoms with Crippen LogP contribution in [0.4, 0.5) is 0 Å². The minimum atomic E-state index is 0.343. The van der Waals surface area contributed by atoms with E-state index in [1.54, 1.807) is 11.3 Å². The lowest BCUT2D eigenvalue weighted by molar-refractivity contribution is 0.0326. The van der Waals surface area contributed by atoms with Gasteiger partial charge in [0.05, 0.1) is 16.6 Å². The van der Waals surface area contributed by atoms with Crippen LogP contribution in [0.15, 0.2) is 46.1 Å². The maximum Gasteiger partial charge on any atom is 0.141 e. The van der Waals surface area contributed by atoms with Crippen LogP contribution in [0.2, 0.25) is 0 Å². The maximum absolute atomic E-state index is 6.10. The van der Waals surface area contributed by atoms with Crippen LogP contribution >= 0.6 is 11.3 Å². The fourth-order valence-corrected chi connectivity index (χ4v) is 3.81. The van der Waals surface area contributed by atoms with Gasteiger partial charge in [0.25, 0.3) is 0 Å². The van der Waals surface area contributed by atoms with Crippen LogP contribution in [0.3, 0.4) is 0 Å². The van der Waals surface area contributed by atoms with Crippen LogP contribution in [0.5, 0.6) is 0 Å². The minimum absolute atomic E-state index is 0.343. The van der Waals surface area contributed by atoms with E-state index in [4.69, 9.17) is 10.5 Å². The molecule has 0 radical (unpaired) electrons. The summed E-state index contributed by atoms with van der Waals surface area (Å²) in [6, 6.07) is 4.32. The van der Waals surface area contributed by atoms with E-state index in [0.29, 0.717) is 17.8 Å². The highest BCUT2D eigenvalue weighted by molar-refractivity contribution is 7.12. The first-order valence-corrected chi connectivity index (χ1v) is 8.75. The Morgan fingerprint density at radius 1 is 1.55 bits per heavy atom. The summed E-state index contributed by atoms with van der Waals surface area (Å²) in [6.07, 6.45) is 5.41. The fraction of sp³-hybridized carbons (Fsp3) is 0.471. The van der Waals surface area contributed by atoms with Crippen LogP contribution in [-0.4, -0.2) is 36.5 Å². The third kappa shape index (κ3) is 3.10. The number of nitrogens with two attached hydrogens (primary N) is 1.